The quantitative estimate of drug-likeness (QED) is 0.491. The minimum absolute atomic E-state index is 0.0575. The predicted molar refractivity (Wildman–Crippen MR) is 73.4 cm³/mol. The van der Waals surface area contributed by atoms with Crippen LogP contribution >= 0.6 is 0 Å². The van der Waals surface area contributed by atoms with Crippen molar-refractivity contribution >= 4 is 22.3 Å². The number of hydrogen-bond donors (Lipinski definition) is 1. The Bertz CT molecular complexity index is 586. The topological polar surface area (TPSA) is 77.3 Å². The second-order valence-electron chi connectivity index (χ2n) is 3.91. The minimum atomic E-state index is -0.382. The van der Waals surface area contributed by atoms with Crippen LogP contribution in [0.3, 0.4) is 0 Å². The molecule has 0 bridgehead atoms. The number of fused-ring (bicyclic) bond motifs is 1. The first-order valence-corrected chi connectivity index (χ1v) is 6.07. The van der Waals surface area contributed by atoms with Crippen LogP contribution < -0.4 is 5.32 Å². The first-order valence-electron chi connectivity index (χ1n) is 6.07. The van der Waals surface area contributed by atoms with Gasteiger partial charge in [0.1, 0.15) is 5.69 Å². The summed E-state index contributed by atoms with van der Waals surface area (Å²) >= 11 is 0. The predicted octanol–water partition coefficient (Wildman–Crippen LogP) is 2.59. The van der Waals surface area contributed by atoms with Crippen molar-refractivity contribution in [1.82, 2.24) is 4.98 Å². The molecule has 0 aliphatic rings. The highest BCUT2D eigenvalue weighted by atomic mass is 16.6. The lowest BCUT2D eigenvalue weighted by Crippen LogP contribution is -2.10. The number of rotatable bonds is 6. The third-order valence-electron chi connectivity index (χ3n) is 2.71. The molecule has 0 aliphatic heterocycles. The van der Waals surface area contributed by atoms with E-state index in [1.54, 1.807) is 30.5 Å². The Morgan fingerprint density at radius 2 is 2.26 bits per heavy atom. The molecular formula is C13H15N3O3. The number of anilines is 1. The van der Waals surface area contributed by atoms with Gasteiger partial charge in [0.05, 0.1) is 22.4 Å². The Morgan fingerprint density at radius 3 is 3.00 bits per heavy atom. The Balaban J connectivity index is 2.32. The van der Waals surface area contributed by atoms with Gasteiger partial charge in [0.2, 0.25) is 0 Å². The van der Waals surface area contributed by atoms with Crippen LogP contribution in [-0.2, 0) is 4.74 Å². The number of benzene rings is 1. The minimum Gasteiger partial charge on any atom is -0.380 e. The normalized spacial score (nSPS) is 10.6. The highest BCUT2D eigenvalue weighted by molar-refractivity contribution is 5.94. The Kier molecular flexibility index (Phi) is 4.25. The lowest BCUT2D eigenvalue weighted by atomic mass is 10.1. The summed E-state index contributed by atoms with van der Waals surface area (Å²) in [5.74, 6) is 0. The van der Waals surface area contributed by atoms with Gasteiger partial charge >= 0.3 is 5.69 Å². The van der Waals surface area contributed by atoms with Crippen molar-refractivity contribution in [3.8, 4) is 0 Å². The largest absolute Gasteiger partial charge is 0.380 e. The summed E-state index contributed by atoms with van der Waals surface area (Å²) in [4.78, 5) is 15.0. The zero-order valence-electron chi connectivity index (χ0n) is 10.6. The van der Waals surface area contributed by atoms with Crippen LogP contribution in [-0.4, -0.2) is 29.7 Å². The van der Waals surface area contributed by atoms with Gasteiger partial charge in [-0.3, -0.25) is 15.1 Å². The van der Waals surface area contributed by atoms with Gasteiger partial charge in [-0.2, -0.15) is 0 Å². The molecule has 0 saturated heterocycles. The Labute approximate surface area is 110 Å². The second kappa shape index (κ2) is 6.10. The zero-order valence-corrected chi connectivity index (χ0v) is 10.6. The Hall–Kier alpha value is -2.21. The molecule has 1 aromatic carbocycles. The molecule has 0 unspecified atom stereocenters. The molecule has 0 fully saturated rings. The van der Waals surface area contributed by atoms with Gasteiger partial charge in [-0.05, 0) is 31.2 Å². The maximum Gasteiger partial charge on any atom is 0.301 e. The van der Waals surface area contributed by atoms with Crippen molar-refractivity contribution in [2.45, 2.75) is 6.92 Å². The zero-order chi connectivity index (χ0) is 13.7. The van der Waals surface area contributed by atoms with Gasteiger partial charge in [0, 0.05) is 19.3 Å². The van der Waals surface area contributed by atoms with Gasteiger partial charge < -0.3 is 10.1 Å². The lowest BCUT2D eigenvalue weighted by molar-refractivity contribution is -0.382. The van der Waals surface area contributed by atoms with E-state index in [1.165, 1.54) is 0 Å². The highest BCUT2D eigenvalue weighted by Gasteiger charge is 2.18. The van der Waals surface area contributed by atoms with Crippen molar-refractivity contribution in [1.29, 1.82) is 0 Å². The van der Waals surface area contributed by atoms with E-state index in [-0.39, 0.29) is 10.6 Å². The van der Waals surface area contributed by atoms with Crippen molar-refractivity contribution in [2.75, 3.05) is 25.1 Å². The molecule has 1 heterocycles. The van der Waals surface area contributed by atoms with Crippen LogP contribution in [0.15, 0.2) is 30.5 Å². The van der Waals surface area contributed by atoms with Crippen molar-refractivity contribution in [2.24, 2.45) is 0 Å². The number of nitrogens with zero attached hydrogens (tertiary/aromatic N) is 2. The monoisotopic (exact) mass is 261 g/mol. The third kappa shape index (κ3) is 2.97. The molecule has 6 heteroatoms. The molecule has 1 N–H and O–H groups in total. The van der Waals surface area contributed by atoms with E-state index in [0.717, 1.165) is 0 Å². The van der Waals surface area contributed by atoms with Crippen molar-refractivity contribution in [3.63, 3.8) is 0 Å². The summed E-state index contributed by atoms with van der Waals surface area (Å²) < 4.78 is 5.20. The highest BCUT2D eigenvalue weighted by Crippen LogP contribution is 2.32. The van der Waals surface area contributed by atoms with Crippen LogP contribution in [0.1, 0.15) is 6.92 Å². The molecular weight excluding hydrogens is 246 g/mol. The molecule has 0 spiro atoms. The molecule has 0 saturated carbocycles. The van der Waals surface area contributed by atoms with Gasteiger partial charge in [-0.25, -0.2) is 0 Å². The van der Waals surface area contributed by atoms with Crippen molar-refractivity contribution in [3.05, 3.63) is 40.6 Å². The standard InChI is InChI=1S/C13H15N3O3/c1-2-19-9-8-15-12-6-5-11-10(4-3-7-14-11)13(12)16(17)18/h3-7,15H,2,8-9H2,1H3. The van der Waals surface area contributed by atoms with E-state index in [0.29, 0.717) is 36.3 Å². The van der Waals surface area contributed by atoms with Gasteiger partial charge in [-0.1, -0.05) is 0 Å². The van der Waals surface area contributed by atoms with E-state index in [4.69, 9.17) is 4.74 Å². The van der Waals surface area contributed by atoms with Gasteiger partial charge in [0.25, 0.3) is 0 Å². The maximum absolute atomic E-state index is 11.2. The smallest absolute Gasteiger partial charge is 0.301 e. The fourth-order valence-electron chi connectivity index (χ4n) is 1.88. The number of nitro groups is 1. The number of nitrogens with one attached hydrogen (secondary N) is 1. The average Bonchev–Trinajstić information content (AvgIpc) is 2.42. The summed E-state index contributed by atoms with van der Waals surface area (Å²) in [5, 5.41) is 14.8. The first kappa shape index (κ1) is 13.2. The average molecular weight is 261 g/mol. The SMILES string of the molecule is CCOCCNc1ccc2ncccc2c1[N+](=O)[O-]. The fourth-order valence-corrected chi connectivity index (χ4v) is 1.88. The van der Waals surface area contributed by atoms with Crippen molar-refractivity contribution < 1.29 is 9.66 Å². The summed E-state index contributed by atoms with van der Waals surface area (Å²) in [5.41, 5.74) is 1.16. The number of hydrogen-bond acceptors (Lipinski definition) is 5. The maximum atomic E-state index is 11.2. The molecule has 0 amide bonds. The number of nitro benzene ring substituents is 1. The van der Waals surface area contributed by atoms with E-state index in [1.807, 2.05) is 6.92 Å². The molecule has 0 aliphatic carbocycles. The summed E-state index contributed by atoms with van der Waals surface area (Å²) in [6.45, 7) is 3.58. The molecule has 6 nitrogen and oxygen atoms in total. The third-order valence-corrected chi connectivity index (χ3v) is 2.71. The lowest BCUT2D eigenvalue weighted by Gasteiger charge is -2.08. The van der Waals surface area contributed by atoms with Crippen LogP contribution in [0.4, 0.5) is 11.4 Å². The molecule has 19 heavy (non-hydrogen) atoms. The number of ether oxygens (including phenoxy) is 1. The second-order valence-corrected chi connectivity index (χ2v) is 3.91. The first-order chi connectivity index (χ1) is 9.24. The number of pyridine rings is 1. The van der Waals surface area contributed by atoms with E-state index >= 15 is 0 Å². The van der Waals surface area contributed by atoms with Crippen LogP contribution in [0.2, 0.25) is 0 Å². The molecule has 1 aromatic heterocycles. The van der Waals surface area contributed by atoms with E-state index in [2.05, 4.69) is 10.3 Å². The van der Waals surface area contributed by atoms with E-state index < -0.39 is 0 Å². The van der Waals surface area contributed by atoms with Gasteiger partial charge in [0.15, 0.2) is 0 Å². The van der Waals surface area contributed by atoms with Crippen LogP contribution in [0.25, 0.3) is 10.9 Å². The van der Waals surface area contributed by atoms with Crippen LogP contribution in [0, 0.1) is 10.1 Å². The summed E-state index contributed by atoms with van der Waals surface area (Å²) in [7, 11) is 0. The van der Waals surface area contributed by atoms with Gasteiger partial charge in [-0.15, -0.1) is 0 Å². The van der Waals surface area contributed by atoms with Crippen LogP contribution in [0.5, 0.6) is 0 Å². The molecule has 0 radical (unpaired) electrons. The molecule has 100 valence electrons. The number of aromatic nitrogens is 1. The molecule has 2 aromatic rings. The summed E-state index contributed by atoms with van der Waals surface area (Å²) in [6.07, 6.45) is 1.62. The molecule has 0 atom stereocenters. The molecule has 2 rings (SSSR count). The summed E-state index contributed by atoms with van der Waals surface area (Å²) in [6, 6.07) is 6.85. The Morgan fingerprint density at radius 1 is 1.42 bits per heavy atom. The fraction of sp³-hybridized carbons (Fsp3) is 0.308. The van der Waals surface area contributed by atoms with E-state index in [9.17, 15) is 10.1 Å².